The Kier molecular flexibility index (Phi) is 3.84. The van der Waals surface area contributed by atoms with Gasteiger partial charge in [-0.15, -0.1) is 0 Å². The summed E-state index contributed by atoms with van der Waals surface area (Å²) < 4.78 is 18.8. The first-order valence-electron chi connectivity index (χ1n) is 7.12. The van der Waals surface area contributed by atoms with Crippen LogP contribution in [0.3, 0.4) is 0 Å². The normalized spacial score (nSPS) is 17.3. The fourth-order valence-electron chi connectivity index (χ4n) is 2.80. The molecule has 0 aliphatic carbocycles. The molecule has 0 amide bonds. The third-order valence-electron chi connectivity index (χ3n) is 3.96. The van der Waals surface area contributed by atoms with E-state index in [9.17, 15) is 9.18 Å². The number of rotatable bonds is 3. The van der Waals surface area contributed by atoms with Crippen LogP contribution in [0.2, 0.25) is 0 Å². The highest BCUT2D eigenvalue weighted by Gasteiger charge is 2.27. The smallest absolute Gasteiger partial charge is 0.170 e. The number of hydrogen-bond donors (Lipinski definition) is 0. The maximum atomic E-state index is 13.1. The molecule has 0 saturated heterocycles. The largest absolute Gasteiger partial charge is 0.365 e. The molecule has 0 fully saturated rings. The highest BCUT2D eigenvalue weighted by atomic mass is 19.1. The third kappa shape index (κ3) is 2.88. The van der Waals surface area contributed by atoms with E-state index in [1.807, 2.05) is 31.2 Å². The van der Waals surface area contributed by atoms with Gasteiger partial charge in [-0.3, -0.25) is 4.79 Å². The molecule has 0 aromatic heterocycles. The predicted octanol–water partition coefficient (Wildman–Crippen LogP) is 3.56. The van der Waals surface area contributed by atoms with Gasteiger partial charge in [-0.1, -0.05) is 30.3 Å². The Morgan fingerprint density at radius 3 is 2.90 bits per heavy atom. The van der Waals surface area contributed by atoms with E-state index in [-0.39, 0.29) is 18.0 Å². The zero-order valence-corrected chi connectivity index (χ0v) is 11.9. The number of benzene rings is 2. The van der Waals surface area contributed by atoms with Crippen LogP contribution in [0.1, 0.15) is 28.4 Å². The van der Waals surface area contributed by atoms with Gasteiger partial charge in [-0.05, 0) is 47.7 Å². The second kappa shape index (κ2) is 5.78. The molecule has 1 unspecified atom stereocenters. The van der Waals surface area contributed by atoms with Crippen molar-refractivity contribution >= 4 is 5.78 Å². The van der Waals surface area contributed by atoms with E-state index in [1.165, 1.54) is 17.7 Å². The molecule has 2 nitrogen and oxygen atoms in total. The average molecular weight is 284 g/mol. The lowest BCUT2D eigenvalue weighted by Gasteiger charge is -2.25. The topological polar surface area (TPSA) is 26.3 Å². The molecule has 0 saturated carbocycles. The molecule has 1 atom stereocenters. The molecule has 21 heavy (non-hydrogen) atoms. The highest BCUT2D eigenvalue weighted by Crippen LogP contribution is 2.29. The lowest BCUT2D eigenvalue weighted by molar-refractivity contribution is -0.131. The number of ether oxygens (including phenoxy) is 1. The monoisotopic (exact) mass is 284 g/mol. The van der Waals surface area contributed by atoms with Crippen molar-refractivity contribution in [3.63, 3.8) is 0 Å². The van der Waals surface area contributed by atoms with Crippen molar-refractivity contribution < 1.29 is 13.9 Å². The van der Waals surface area contributed by atoms with E-state index >= 15 is 0 Å². The number of carbonyl (C=O) groups excluding carboxylic acids is 1. The maximum Gasteiger partial charge on any atom is 0.170 e. The lowest BCUT2D eigenvalue weighted by atomic mass is 9.92. The van der Waals surface area contributed by atoms with E-state index in [4.69, 9.17) is 4.74 Å². The molecule has 1 aliphatic heterocycles. The maximum absolute atomic E-state index is 13.1. The van der Waals surface area contributed by atoms with Crippen molar-refractivity contribution in [2.24, 2.45) is 0 Å². The van der Waals surface area contributed by atoms with Crippen molar-refractivity contribution in [1.29, 1.82) is 0 Å². The molecule has 3 heteroatoms. The Bertz CT molecular complexity index is 679. The molecule has 1 heterocycles. The van der Waals surface area contributed by atoms with Crippen molar-refractivity contribution in [2.75, 3.05) is 6.61 Å². The van der Waals surface area contributed by atoms with E-state index in [0.29, 0.717) is 6.61 Å². The van der Waals surface area contributed by atoms with Crippen LogP contribution in [0.4, 0.5) is 4.39 Å². The number of aryl methyl sites for hydroxylation is 1. The van der Waals surface area contributed by atoms with Crippen LogP contribution < -0.4 is 0 Å². The highest BCUT2D eigenvalue weighted by molar-refractivity contribution is 5.87. The second-order valence-electron chi connectivity index (χ2n) is 5.41. The summed E-state index contributed by atoms with van der Waals surface area (Å²) in [7, 11) is 0. The minimum Gasteiger partial charge on any atom is -0.365 e. The van der Waals surface area contributed by atoms with Crippen LogP contribution in [-0.4, -0.2) is 12.4 Å². The molecule has 0 spiro atoms. The Balaban J connectivity index is 1.83. The van der Waals surface area contributed by atoms with Gasteiger partial charge in [0.1, 0.15) is 11.9 Å². The summed E-state index contributed by atoms with van der Waals surface area (Å²) in [6.45, 7) is 2.39. The van der Waals surface area contributed by atoms with Crippen LogP contribution in [-0.2, 0) is 22.4 Å². The summed E-state index contributed by atoms with van der Waals surface area (Å²) in [5, 5.41) is 0. The minimum atomic E-state index is -0.501. The molecule has 0 bridgehead atoms. The van der Waals surface area contributed by atoms with Crippen LogP contribution >= 0.6 is 0 Å². The molecular weight excluding hydrogens is 267 g/mol. The summed E-state index contributed by atoms with van der Waals surface area (Å²) >= 11 is 0. The van der Waals surface area contributed by atoms with E-state index < -0.39 is 6.10 Å². The van der Waals surface area contributed by atoms with Gasteiger partial charge in [-0.25, -0.2) is 4.39 Å². The van der Waals surface area contributed by atoms with Gasteiger partial charge in [0, 0.05) is 6.42 Å². The van der Waals surface area contributed by atoms with Crippen molar-refractivity contribution in [2.45, 2.75) is 25.9 Å². The predicted molar refractivity (Wildman–Crippen MR) is 78.7 cm³/mol. The fraction of sp³-hybridized carbons (Fsp3) is 0.278. The summed E-state index contributed by atoms with van der Waals surface area (Å²) in [6.07, 6.45) is 0.611. The molecule has 108 valence electrons. The molecular formula is C18H17FO2. The van der Waals surface area contributed by atoms with E-state index in [1.54, 1.807) is 6.07 Å². The summed E-state index contributed by atoms with van der Waals surface area (Å²) in [5.41, 5.74) is 3.80. The number of halogens is 1. The van der Waals surface area contributed by atoms with E-state index in [0.717, 1.165) is 23.1 Å². The third-order valence-corrected chi connectivity index (χ3v) is 3.96. The Labute approximate surface area is 123 Å². The molecule has 2 aromatic rings. The average Bonchev–Trinajstić information content (AvgIpc) is 2.49. The van der Waals surface area contributed by atoms with Crippen LogP contribution in [0.15, 0.2) is 42.5 Å². The Morgan fingerprint density at radius 2 is 2.10 bits per heavy atom. The van der Waals surface area contributed by atoms with Crippen LogP contribution in [0, 0.1) is 12.7 Å². The number of hydrogen-bond acceptors (Lipinski definition) is 2. The van der Waals surface area contributed by atoms with Gasteiger partial charge < -0.3 is 4.74 Å². The number of fused-ring (bicyclic) bond motifs is 1. The van der Waals surface area contributed by atoms with E-state index in [2.05, 4.69) is 0 Å². The van der Waals surface area contributed by atoms with Gasteiger partial charge in [0.15, 0.2) is 5.78 Å². The Hall–Kier alpha value is -2.00. The van der Waals surface area contributed by atoms with Crippen molar-refractivity contribution in [3.05, 3.63) is 70.5 Å². The van der Waals surface area contributed by atoms with Crippen molar-refractivity contribution in [3.8, 4) is 0 Å². The SMILES string of the molecule is Cc1cc(F)ccc1CC(=O)C1OCCc2ccccc21. The quantitative estimate of drug-likeness (QED) is 0.861. The van der Waals surface area contributed by atoms with Crippen molar-refractivity contribution in [1.82, 2.24) is 0 Å². The first-order valence-corrected chi connectivity index (χ1v) is 7.12. The first kappa shape index (κ1) is 14.0. The lowest BCUT2D eigenvalue weighted by Crippen LogP contribution is -2.24. The number of Topliss-reactive ketones (excluding diaryl/α,β-unsaturated/α-hetero) is 1. The molecule has 3 rings (SSSR count). The summed E-state index contributed by atoms with van der Waals surface area (Å²) in [4.78, 5) is 12.5. The second-order valence-corrected chi connectivity index (χ2v) is 5.41. The van der Waals surface area contributed by atoms with Gasteiger partial charge in [-0.2, -0.15) is 0 Å². The molecule has 0 radical (unpaired) electrons. The zero-order valence-electron chi connectivity index (χ0n) is 11.9. The number of ketones is 1. The first-order chi connectivity index (χ1) is 10.1. The van der Waals surface area contributed by atoms with Gasteiger partial charge in [0.05, 0.1) is 6.61 Å². The fourth-order valence-corrected chi connectivity index (χ4v) is 2.80. The zero-order chi connectivity index (χ0) is 14.8. The van der Waals surface area contributed by atoms with Crippen LogP contribution in [0.25, 0.3) is 0 Å². The molecule has 1 aliphatic rings. The standard InChI is InChI=1S/C18H17FO2/c1-12-10-15(19)7-6-14(12)11-17(20)18-16-5-3-2-4-13(16)8-9-21-18/h2-7,10,18H,8-9,11H2,1H3. The summed E-state index contributed by atoms with van der Waals surface area (Å²) in [5.74, 6) is -0.250. The van der Waals surface area contributed by atoms with Crippen LogP contribution in [0.5, 0.6) is 0 Å². The van der Waals surface area contributed by atoms with Gasteiger partial charge >= 0.3 is 0 Å². The minimum absolute atomic E-state index is 0.0249. The van der Waals surface area contributed by atoms with Gasteiger partial charge in [0.25, 0.3) is 0 Å². The Morgan fingerprint density at radius 1 is 1.29 bits per heavy atom. The number of carbonyl (C=O) groups is 1. The van der Waals surface area contributed by atoms with Gasteiger partial charge in [0.2, 0.25) is 0 Å². The summed E-state index contributed by atoms with van der Waals surface area (Å²) in [6, 6.07) is 12.4. The molecule has 0 N–H and O–H groups in total. The molecule has 2 aromatic carbocycles.